The Hall–Kier alpha value is -1.92. The van der Waals surface area contributed by atoms with Crippen molar-refractivity contribution in [2.24, 2.45) is 0 Å². The van der Waals surface area contributed by atoms with Gasteiger partial charge in [0.25, 0.3) is 5.91 Å². The van der Waals surface area contributed by atoms with E-state index in [1.165, 1.54) is 23.5 Å². The van der Waals surface area contributed by atoms with Gasteiger partial charge in [-0.25, -0.2) is 4.39 Å². The molecule has 0 bridgehead atoms. The van der Waals surface area contributed by atoms with Crippen molar-refractivity contribution in [3.63, 3.8) is 0 Å². The molecule has 0 spiro atoms. The third kappa shape index (κ3) is 3.28. The molecule has 0 saturated carbocycles. The monoisotopic (exact) mass is 379 g/mol. The molecule has 1 aromatic carbocycles. The van der Waals surface area contributed by atoms with Crippen LogP contribution in [0.5, 0.6) is 0 Å². The minimum absolute atomic E-state index is 0.218. The second-order valence-electron chi connectivity index (χ2n) is 4.58. The quantitative estimate of drug-likeness (QED) is 0.709. The number of amides is 1. The van der Waals surface area contributed by atoms with Gasteiger partial charge in [-0.3, -0.25) is 4.79 Å². The molecule has 0 aliphatic carbocycles. The predicted octanol–water partition coefficient (Wildman–Crippen LogP) is 4.76. The van der Waals surface area contributed by atoms with Gasteiger partial charge in [0.05, 0.1) is 6.04 Å². The zero-order valence-corrected chi connectivity index (χ0v) is 13.7. The van der Waals surface area contributed by atoms with E-state index in [0.29, 0.717) is 4.67 Å². The Balaban J connectivity index is 1.89. The van der Waals surface area contributed by atoms with Gasteiger partial charge in [-0.2, -0.15) is 0 Å². The summed E-state index contributed by atoms with van der Waals surface area (Å²) in [6, 6.07) is 12.8. The van der Waals surface area contributed by atoms with Crippen LogP contribution in [0.15, 0.2) is 63.0 Å². The van der Waals surface area contributed by atoms with Crippen molar-refractivity contribution < 1.29 is 13.6 Å². The second kappa shape index (κ2) is 6.46. The standard InChI is InChI=1S/C16H11BrFNO2S/c17-14-8-7-12(21-14)16(20)19-15(13-2-1-9-22-13)10-3-5-11(18)6-4-10/h1-9,15H,(H,19,20). The Bertz CT molecular complexity index is 768. The van der Waals surface area contributed by atoms with Crippen LogP contribution in [0.3, 0.4) is 0 Å². The number of hydrogen-bond acceptors (Lipinski definition) is 3. The van der Waals surface area contributed by atoms with E-state index in [1.807, 2.05) is 17.5 Å². The van der Waals surface area contributed by atoms with Crippen LogP contribution >= 0.6 is 27.3 Å². The molecule has 112 valence electrons. The van der Waals surface area contributed by atoms with Crippen molar-refractivity contribution >= 4 is 33.2 Å². The first-order chi connectivity index (χ1) is 10.6. The van der Waals surface area contributed by atoms with Crippen molar-refractivity contribution in [2.45, 2.75) is 6.04 Å². The predicted molar refractivity (Wildman–Crippen MR) is 86.4 cm³/mol. The molecule has 3 aromatic rings. The smallest absolute Gasteiger partial charge is 0.287 e. The van der Waals surface area contributed by atoms with Crippen molar-refractivity contribution in [3.8, 4) is 0 Å². The van der Waals surface area contributed by atoms with E-state index in [9.17, 15) is 9.18 Å². The fourth-order valence-corrected chi connectivity index (χ4v) is 3.18. The van der Waals surface area contributed by atoms with Gasteiger partial charge >= 0.3 is 0 Å². The molecule has 1 unspecified atom stereocenters. The highest BCUT2D eigenvalue weighted by molar-refractivity contribution is 9.10. The summed E-state index contributed by atoms with van der Waals surface area (Å²) < 4.78 is 18.9. The van der Waals surface area contributed by atoms with E-state index in [1.54, 1.807) is 24.3 Å². The Morgan fingerprint density at radius 3 is 2.55 bits per heavy atom. The molecule has 22 heavy (non-hydrogen) atoms. The minimum Gasteiger partial charge on any atom is -0.444 e. The summed E-state index contributed by atoms with van der Waals surface area (Å²) in [7, 11) is 0. The highest BCUT2D eigenvalue weighted by Crippen LogP contribution is 2.27. The van der Waals surface area contributed by atoms with Crippen molar-refractivity contribution in [1.82, 2.24) is 5.32 Å². The maximum atomic E-state index is 13.1. The van der Waals surface area contributed by atoms with Crippen molar-refractivity contribution in [2.75, 3.05) is 0 Å². The van der Waals surface area contributed by atoms with Gasteiger partial charge in [-0.05, 0) is 57.2 Å². The molecule has 3 nitrogen and oxygen atoms in total. The van der Waals surface area contributed by atoms with Crippen LogP contribution < -0.4 is 5.32 Å². The lowest BCUT2D eigenvalue weighted by Gasteiger charge is -2.17. The molecule has 1 amide bonds. The number of furan rings is 1. The lowest BCUT2D eigenvalue weighted by atomic mass is 10.1. The van der Waals surface area contributed by atoms with Gasteiger partial charge in [0.15, 0.2) is 10.4 Å². The molecule has 1 N–H and O–H groups in total. The van der Waals surface area contributed by atoms with Crippen LogP contribution in [0, 0.1) is 5.82 Å². The average molecular weight is 380 g/mol. The maximum Gasteiger partial charge on any atom is 0.287 e. The van der Waals surface area contributed by atoms with Crippen LogP contribution in [-0.2, 0) is 0 Å². The van der Waals surface area contributed by atoms with Crippen LogP contribution in [0.25, 0.3) is 0 Å². The SMILES string of the molecule is O=C(NC(c1ccc(F)cc1)c1cccs1)c1ccc(Br)o1. The molecule has 0 aliphatic heterocycles. The van der Waals surface area contributed by atoms with Crippen LogP contribution in [0.1, 0.15) is 27.0 Å². The van der Waals surface area contributed by atoms with E-state index < -0.39 is 0 Å². The highest BCUT2D eigenvalue weighted by atomic mass is 79.9. The number of benzene rings is 1. The number of rotatable bonds is 4. The lowest BCUT2D eigenvalue weighted by molar-refractivity contribution is 0.0914. The molecule has 0 fully saturated rings. The van der Waals surface area contributed by atoms with E-state index in [-0.39, 0.29) is 23.5 Å². The molecular formula is C16H11BrFNO2S. The summed E-state index contributed by atoms with van der Waals surface area (Å²) in [5.74, 6) is -0.418. The number of thiophene rings is 1. The van der Waals surface area contributed by atoms with Crippen molar-refractivity contribution in [1.29, 1.82) is 0 Å². The fourth-order valence-electron chi connectivity index (χ4n) is 2.07. The largest absolute Gasteiger partial charge is 0.444 e. The Kier molecular flexibility index (Phi) is 4.40. The molecule has 2 heterocycles. The third-order valence-corrected chi connectivity index (χ3v) is 4.47. The second-order valence-corrected chi connectivity index (χ2v) is 6.34. The molecule has 0 radical (unpaired) electrons. The first-order valence-corrected chi connectivity index (χ1v) is 8.16. The van der Waals surface area contributed by atoms with Gasteiger partial charge in [-0.1, -0.05) is 18.2 Å². The van der Waals surface area contributed by atoms with Gasteiger partial charge in [-0.15, -0.1) is 11.3 Å². The summed E-state index contributed by atoms with van der Waals surface area (Å²) in [6.07, 6.45) is 0. The summed E-state index contributed by atoms with van der Waals surface area (Å²) in [4.78, 5) is 13.3. The number of carbonyl (C=O) groups is 1. The molecule has 1 atom stereocenters. The van der Waals surface area contributed by atoms with E-state index in [2.05, 4.69) is 21.2 Å². The zero-order chi connectivity index (χ0) is 15.5. The lowest BCUT2D eigenvalue weighted by Crippen LogP contribution is -2.28. The van der Waals surface area contributed by atoms with Gasteiger partial charge < -0.3 is 9.73 Å². The first kappa shape index (κ1) is 15.0. The summed E-state index contributed by atoms with van der Waals surface area (Å²) in [6.45, 7) is 0. The minimum atomic E-state index is -0.350. The molecule has 2 aromatic heterocycles. The molecule has 0 saturated heterocycles. The van der Waals surface area contributed by atoms with E-state index in [4.69, 9.17) is 4.42 Å². The Morgan fingerprint density at radius 2 is 1.95 bits per heavy atom. The molecule has 0 aliphatic rings. The number of halogens is 2. The van der Waals surface area contributed by atoms with E-state index >= 15 is 0 Å². The summed E-state index contributed by atoms with van der Waals surface area (Å²) in [5.41, 5.74) is 0.808. The third-order valence-electron chi connectivity index (χ3n) is 3.10. The number of nitrogens with one attached hydrogen (secondary N) is 1. The number of hydrogen-bond donors (Lipinski definition) is 1. The summed E-state index contributed by atoms with van der Waals surface area (Å²) >= 11 is 4.70. The normalized spacial score (nSPS) is 12.1. The van der Waals surface area contributed by atoms with Crippen LogP contribution in [-0.4, -0.2) is 5.91 Å². The zero-order valence-electron chi connectivity index (χ0n) is 11.3. The highest BCUT2D eigenvalue weighted by Gasteiger charge is 2.20. The van der Waals surface area contributed by atoms with E-state index in [0.717, 1.165) is 10.4 Å². The Morgan fingerprint density at radius 1 is 1.18 bits per heavy atom. The average Bonchev–Trinajstić information content (AvgIpc) is 3.17. The van der Waals surface area contributed by atoms with Crippen LogP contribution in [0.4, 0.5) is 4.39 Å². The van der Waals surface area contributed by atoms with Gasteiger partial charge in [0, 0.05) is 4.88 Å². The fraction of sp³-hybridized carbons (Fsp3) is 0.0625. The maximum absolute atomic E-state index is 13.1. The molecule has 6 heteroatoms. The van der Waals surface area contributed by atoms with Gasteiger partial charge in [0.1, 0.15) is 5.82 Å². The first-order valence-electron chi connectivity index (χ1n) is 6.48. The summed E-state index contributed by atoms with van der Waals surface area (Å²) in [5, 5.41) is 4.85. The van der Waals surface area contributed by atoms with Crippen molar-refractivity contribution in [3.05, 3.63) is 80.6 Å². The number of carbonyl (C=O) groups excluding carboxylic acids is 1. The molecular weight excluding hydrogens is 369 g/mol. The van der Waals surface area contributed by atoms with Crippen LogP contribution in [0.2, 0.25) is 0 Å². The molecule has 3 rings (SSSR count). The van der Waals surface area contributed by atoms with Gasteiger partial charge in [0.2, 0.25) is 0 Å². The topological polar surface area (TPSA) is 42.2 Å². The Labute approximate surface area is 138 Å².